The highest BCUT2D eigenvalue weighted by molar-refractivity contribution is 4.88. The average Bonchev–Trinajstić information content (AvgIpc) is 2.48. The Morgan fingerprint density at radius 3 is 2.30 bits per heavy atom. The summed E-state index contributed by atoms with van der Waals surface area (Å²) in [6.45, 7) is 10.0. The molecule has 0 radical (unpaired) electrons. The van der Waals surface area contributed by atoms with E-state index in [1.165, 1.54) is 38.5 Å². The molecule has 1 aliphatic rings. The molecule has 3 heteroatoms. The molecule has 120 valence electrons. The van der Waals surface area contributed by atoms with E-state index in [2.05, 4.69) is 25.7 Å². The molecule has 3 nitrogen and oxygen atoms in total. The molecule has 0 spiro atoms. The Morgan fingerprint density at radius 1 is 1.25 bits per heavy atom. The molecule has 0 aromatic rings. The van der Waals surface area contributed by atoms with Crippen molar-refractivity contribution in [2.45, 2.75) is 65.3 Å². The lowest BCUT2D eigenvalue weighted by Gasteiger charge is -2.43. The zero-order valence-corrected chi connectivity index (χ0v) is 14.0. The van der Waals surface area contributed by atoms with Crippen LogP contribution in [0.2, 0.25) is 0 Å². The smallest absolute Gasteiger partial charge is 0.0589 e. The molecular weight excluding hydrogens is 250 g/mol. The maximum Gasteiger partial charge on any atom is 0.0589 e. The number of methoxy groups -OCH3 is 1. The zero-order valence-electron chi connectivity index (χ0n) is 14.0. The molecule has 0 aromatic carbocycles. The number of rotatable bonds is 9. The largest absolute Gasteiger partial charge is 0.396 e. The fourth-order valence-corrected chi connectivity index (χ4v) is 3.58. The van der Waals surface area contributed by atoms with Crippen LogP contribution in [-0.2, 0) is 4.74 Å². The van der Waals surface area contributed by atoms with Crippen LogP contribution in [0.4, 0.5) is 0 Å². The van der Waals surface area contributed by atoms with Gasteiger partial charge in [-0.3, -0.25) is 4.90 Å². The van der Waals surface area contributed by atoms with E-state index in [4.69, 9.17) is 4.74 Å². The lowest BCUT2D eigenvalue weighted by molar-refractivity contribution is 0.00533. The maximum atomic E-state index is 9.97. The van der Waals surface area contributed by atoms with E-state index >= 15 is 0 Å². The maximum absolute atomic E-state index is 9.97. The van der Waals surface area contributed by atoms with Gasteiger partial charge in [0.15, 0.2) is 0 Å². The molecular formula is C17H35NO2. The van der Waals surface area contributed by atoms with Gasteiger partial charge in [-0.1, -0.05) is 33.6 Å². The molecule has 1 N–H and O–H groups in total. The molecule has 20 heavy (non-hydrogen) atoms. The molecule has 1 saturated carbocycles. The van der Waals surface area contributed by atoms with Crippen molar-refractivity contribution in [3.05, 3.63) is 0 Å². The summed E-state index contributed by atoms with van der Waals surface area (Å²) >= 11 is 0. The summed E-state index contributed by atoms with van der Waals surface area (Å²) in [5.41, 5.74) is 0.128. The number of hydrogen-bond donors (Lipinski definition) is 1. The first-order valence-electron chi connectivity index (χ1n) is 8.44. The first kappa shape index (κ1) is 17.9. The van der Waals surface area contributed by atoms with Crippen LogP contribution in [0.3, 0.4) is 0 Å². The number of hydrogen-bond acceptors (Lipinski definition) is 3. The number of ether oxygens (including phenoxy) is 1. The number of aliphatic hydroxyl groups excluding tert-OH is 1. The monoisotopic (exact) mass is 285 g/mol. The fourth-order valence-electron chi connectivity index (χ4n) is 3.58. The summed E-state index contributed by atoms with van der Waals surface area (Å²) in [6, 6.07) is 0.618. The highest BCUT2D eigenvalue weighted by atomic mass is 16.5. The van der Waals surface area contributed by atoms with Crippen molar-refractivity contribution in [3.63, 3.8) is 0 Å². The van der Waals surface area contributed by atoms with Crippen LogP contribution in [0, 0.1) is 11.3 Å². The minimum absolute atomic E-state index is 0.128. The van der Waals surface area contributed by atoms with Crippen molar-refractivity contribution in [1.29, 1.82) is 0 Å². The van der Waals surface area contributed by atoms with Crippen molar-refractivity contribution >= 4 is 0 Å². The molecule has 1 fully saturated rings. The summed E-state index contributed by atoms with van der Waals surface area (Å²) in [7, 11) is 1.77. The van der Waals surface area contributed by atoms with Crippen molar-refractivity contribution in [1.82, 2.24) is 4.90 Å². The second-order valence-electron chi connectivity index (χ2n) is 6.77. The highest BCUT2D eigenvalue weighted by Crippen LogP contribution is 2.39. The van der Waals surface area contributed by atoms with Crippen LogP contribution in [-0.4, -0.2) is 49.5 Å². The lowest BCUT2D eigenvalue weighted by Crippen LogP contribution is -2.47. The van der Waals surface area contributed by atoms with Gasteiger partial charge in [0.25, 0.3) is 0 Å². The molecule has 0 bridgehead atoms. The standard InChI is InChI=1S/C17H35NO2/c1-5-16(6-2)18(11-12-20-4)13-17(14-19)9-7-15(3)8-10-17/h15-16,19H,5-14H2,1-4H3. The summed E-state index contributed by atoms with van der Waals surface area (Å²) in [5.74, 6) is 0.829. The summed E-state index contributed by atoms with van der Waals surface area (Å²) in [4.78, 5) is 2.57. The van der Waals surface area contributed by atoms with Gasteiger partial charge in [-0.25, -0.2) is 0 Å². The molecule has 0 aromatic heterocycles. The number of nitrogens with zero attached hydrogens (tertiary/aromatic N) is 1. The highest BCUT2D eigenvalue weighted by Gasteiger charge is 2.36. The Labute approximate surface area is 125 Å². The summed E-state index contributed by atoms with van der Waals surface area (Å²) in [5, 5.41) is 9.97. The molecule has 0 aliphatic heterocycles. The third-order valence-electron chi connectivity index (χ3n) is 5.25. The zero-order chi connectivity index (χ0) is 15.0. The van der Waals surface area contributed by atoms with Gasteiger partial charge in [-0.15, -0.1) is 0 Å². The SMILES string of the molecule is CCC(CC)N(CCOC)CC1(CO)CCC(C)CC1. The van der Waals surface area contributed by atoms with Gasteiger partial charge in [-0.05, 0) is 31.6 Å². The topological polar surface area (TPSA) is 32.7 Å². The first-order chi connectivity index (χ1) is 9.60. The van der Waals surface area contributed by atoms with Gasteiger partial charge < -0.3 is 9.84 Å². The van der Waals surface area contributed by atoms with Crippen molar-refractivity contribution in [2.75, 3.05) is 33.4 Å². The van der Waals surface area contributed by atoms with E-state index in [0.717, 1.165) is 25.6 Å². The molecule has 0 unspecified atom stereocenters. The van der Waals surface area contributed by atoms with E-state index < -0.39 is 0 Å². The second-order valence-corrected chi connectivity index (χ2v) is 6.77. The van der Waals surface area contributed by atoms with Gasteiger partial charge in [-0.2, -0.15) is 0 Å². The van der Waals surface area contributed by atoms with E-state index in [1.807, 2.05) is 0 Å². The quantitative estimate of drug-likeness (QED) is 0.705. The van der Waals surface area contributed by atoms with Crippen LogP contribution in [0.25, 0.3) is 0 Å². The molecule has 0 amide bonds. The van der Waals surface area contributed by atoms with Crippen LogP contribution in [0.1, 0.15) is 59.3 Å². The minimum atomic E-state index is 0.128. The van der Waals surface area contributed by atoms with E-state index in [-0.39, 0.29) is 5.41 Å². The van der Waals surface area contributed by atoms with Crippen molar-refractivity contribution in [3.8, 4) is 0 Å². The molecule has 1 aliphatic carbocycles. The second kappa shape index (κ2) is 9.01. The van der Waals surface area contributed by atoms with Crippen molar-refractivity contribution in [2.24, 2.45) is 11.3 Å². The van der Waals surface area contributed by atoms with Gasteiger partial charge in [0.1, 0.15) is 0 Å². The Bertz CT molecular complexity index is 245. The van der Waals surface area contributed by atoms with E-state index in [1.54, 1.807) is 7.11 Å². The lowest BCUT2D eigenvalue weighted by atomic mass is 9.71. The minimum Gasteiger partial charge on any atom is -0.396 e. The first-order valence-corrected chi connectivity index (χ1v) is 8.44. The van der Waals surface area contributed by atoms with E-state index in [0.29, 0.717) is 12.6 Å². The summed E-state index contributed by atoms with van der Waals surface area (Å²) in [6.07, 6.45) is 7.24. The molecule has 0 saturated heterocycles. The molecule has 0 heterocycles. The Morgan fingerprint density at radius 2 is 1.85 bits per heavy atom. The molecule has 0 atom stereocenters. The number of aliphatic hydroxyl groups is 1. The van der Waals surface area contributed by atoms with Crippen LogP contribution >= 0.6 is 0 Å². The normalized spacial score (nSPS) is 27.4. The van der Waals surface area contributed by atoms with Crippen LogP contribution in [0.15, 0.2) is 0 Å². The van der Waals surface area contributed by atoms with Crippen molar-refractivity contribution < 1.29 is 9.84 Å². The van der Waals surface area contributed by atoms with Gasteiger partial charge >= 0.3 is 0 Å². The van der Waals surface area contributed by atoms with Gasteiger partial charge in [0, 0.05) is 38.3 Å². The summed E-state index contributed by atoms with van der Waals surface area (Å²) < 4.78 is 5.28. The Kier molecular flexibility index (Phi) is 8.08. The van der Waals surface area contributed by atoms with Crippen LogP contribution in [0.5, 0.6) is 0 Å². The van der Waals surface area contributed by atoms with Crippen LogP contribution < -0.4 is 0 Å². The Balaban J connectivity index is 2.69. The fraction of sp³-hybridized carbons (Fsp3) is 1.00. The predicted molar refractivity (Wildman–Crippen MR) is 85.0 cm³/mol. The van der Waals surface area contributed by atoms with E-state index in [9.17, 15) is 5.11 Å². The van der Waals surface area contributed by atoms with Gasteiger partial charge in [0.2, 0.25) is 0 Å². The third kappa shape index (κ3) is 5.01. The molecule has 1 rings (SSSR count). The Hall–Kier alpha value is -0.120. The third-order valence-corrected chi connectivity index (χ3v) is 5.25. The van der Waals surface area contributed by atoms with Gasteiger partial charge in [0.05, 0.1) is 6.61 Å². The average molecular weight is 285 g/mol. The predicted octanol–water partition coefficient (Wildman–Crippen LogP) is 3.31.